The lowest BCUT2D eigenvalue weighted by atomic mass is 9.91. The number of carbonyl (C=O) groups excluding carboxylic acids is 1. The number of benzene rings is 1. The van der Waals surface area contributed by atoms with Crippen molar-refractivity contribution in [1.82, 2.24) is 19.7 Å². The van der Waals surface area contributed by atoms with Crippen molar-refractivity contribution in [2.24, 2.45) is 0 Å². The van der Waals surface area contributed by atoms with Gasteiger partial charge in [-0.3, -0.25) is 9.20 Å². The molecule has 0 aliphatic heterocycles. The van der Waals surface area contributed by atoms with Crippen molar-refractivity contribution < 1.29 is 22.7 Å². The highest BCUT2D eigenvalue weighted by atomic mass is 19.4. The van der Waals surface area contributed by atoms with Crippen molar-refractivity contribution in [1.29, 1.82) is 0 Å². The largest absolute Gasteiger partial charge is 0.497 e. The maximum absolute atomic E-state index is 13.0. The summed E-state index contributed by atoms with van der Waals surface area (Å²) in [5.41, 5.74) is -0.403. The van der Waals surface area contributed by atoms with Crippen molar-refractivity contribution in [2.75, 3.05) is 12.4 Å². The van der Waals surface area contributed by atoms with Gasteiger partial charge < -0.3 is 15.4 Å². The molecule has 164 valence electrons. The average Bonchev–Trinajstić information content (AvgIpc) is 3.21. The average molecular weight is 433 g/mol. The summed E-state index contributed by atoms with van der Waals surface area (Å²) >= 11 is 0. The number of aromatic nitrogens is 3. The molecule has 0 atom stereocenters. The number of anilines is 1. The maximum atomic E-state index is 13.0. The second-order valence-electron chi connectivity index (χ2n) is 7.52. The van der Waals surface area contributed by atoms with E-state index in [1.54, 1.807) is 37.4 Å². The lowest BCUT2D eigenvalue weighted by molar-refractivity contribution is -0.140. The first-order valence-electron chi connectivity index (χ1n) is 9.96. The molecule has 0 radical (unpaired) electrons. The van der Waals surface area contributed by atoms with Crippen molar-refractivity contribution in [3.05, 3.63) is 54.0 Å². The Labute approximate surface area is 176 Å². The number of ether oxygens (including phenoxy) is 1. The summed E-state index contributed by atoms with van der Waals surface area (Å²) in [6, 6.07) is 8.68. The number of hydrogen-bond acceptors (Lipinski definition) is 5. The Morgan fingerprint density at radius 2 is 1.77 bits per heavy atom. The van der Waals surface area contributed by atoms with E-state index in [-0.39, 0.29) is 23.8 Å². The van der Waals surface area contributed by atoms with E-state index >= 15 is 0 Å². The van der Waals surface area contributed by atoms with Crippen molar-refractivity contribution >= 4 is 17.5 Å². The second-order valence-corrected chi connectivity index (χ2v) is 7.52. The quantitative estimate of drug-likeness (QED) is 0.638. The number of nitrogens with zero attached hydrogens (tertiary/aromatic N) is 3. The Kier molecular flexibility index (Phi) is 5.71. The van der Waals surface area contributed by atoms with Gasteiger partial charge >= 0.3 is 6.18 Å². The van der Waals surface area contributed by atoms with Gasteiger partial charge in [-0.25, -0.2) is 9.97 Å². The fraction of sp³-hybridized carbons (Fsp3) is 0.381. The number of hydrogen-bond donors (Lipinski definition) is 2. The molecule has 1 aliphatic carbocycles. The minimum absolute atomic E-state index is 0.00207. The van der Waals surface area contributed by atoms with E-state index in [4.69, 9.17) is 4.74 Å². The molecule has 7 nitrogen and oxygen atoms in total. The van der Waals surface area contributed by atoms with E-state index in [0.717, 1.165) is 31.9 Å². The predicted octanol–water partition coefficient (Wildman–Crippen LogP) is 3.91. The number of halogens is 3. The topological polar surface area (TPSA) is 80.5 Å². The van der Waals surface area contributed by atoms with Crippen LogP contribution in [0.4, 0.5) is 19.0 Å². The molecule has 1 aliphatic rings. The number of rotatable bonds is 5. The van der Waals surface area contributed by atoms with Gasteiger partial charge in [0.2, 0.25) is 5.78 Å². The normalized spacial score (nSPS) is 19.2. The third-order valence-electron chi connectivity index (χ3n) is 5.43. The van der Waals surface area contributed by atoms with E-state index < -0.39 is 11.9 Å². The van der Waals surface area contributed by atoms with Crippen molar-refractivity contribution in [3.63, 3.8) is 0 Å². The molecule has 0 unspecified atom stereocenters. The molecule has 0 bridgehead atoms. The molecule has 1 fully saturated rings. The summed E-state index contributed by atoms with van der Waals surface area (Å²) in [7, 11) is 1.57. The molecule has 2 heterocycles. The zero-order chi connectivity index (χ0) is 22.0. The Hall–Kier alpha value is -3.30. The first kappa shape index (κ1) is 21.0. The fourth-order valence-electron chi connectivity index (χ4n) is 3.75. The molecule has 1 saturated carbocycles. The summed E-state index contributed by atoms with van der Waals surface area (Å²) < 4.78 is 45.3. The van der Waals surface area contributed by atoms with Crippen LogP contribution in [-0.4, -0.2) is 39.5 Å². The molecule has 2 N–H and O–H groups in total. The molecule has 10 heteroatoms. The lowest BCUT2D eigenvalue weighted by Crippen LogP contribution is -2.40. The van der Waals surface area contributed by atoms with Crippen LogP contribution in [0.25, 0.3) is 5.78 Å². The van der Waals surface area contributed by atoms with Gasteiger partial charge in [-0.05, 0) is 56.0 Å². The van der Waals surface area contributed by atoms with Crippen LogP contribution in [-0.2, 0) is 6.18 Å². The maximum Gasteiger partial charge on any atom is 0.434 e. The zero-order valence-corrected chi connectivity index (χ0v) is 16.8. The molecule has 1 aromatic carbocycles. The van der Waals surface area contributed by atoms with E-state index in [2.05, 4.69) is 20.6 Å². The number of amides is 1. The molecule has 3 aromatic rings. The number of nitrogens with one attached hydrogen (secondary N) is 2. The highest BCUT2D eigenvalue weighted by Gasteiger charge is 2.34. The van der Waals surface area contributed by atoms with E-state index in [9.17, 15) is 18.0 Å². The Morgan fingerprint density at radius 3 is 2.42 bits per heavy atom. The summed E-state index contributed by atoms with van der Waals surface area (Å²) in [5.74, 6) is 1.07. The lowest BCUT2D eigenvalue weighted by Gasteiger charge is -2.30. The molecular weight excluding hydrogens is 411 g/mol. The standard InChI is InChI=1S/C21H22F3N5O2/c1-31-16-8-2-13(3-9-16)19(30)27-15-6-4-14(5-7-15)26-18-10-11-25-20-28-17(12-29(18)20)21(22,23)24/h2-3,8-12,14-15,26H,4-7H2,1H3,(H,27,30). The van der Waals surface area contributed by atoms with Gasteiger partial charge in [0, 0.05) is 30.0 Å². The predicted molar refractivity (Wildman–Crippen MR) is 108 cm³/mol. The summed E-state index contributed by atoms with van der Waals surface area (Å²) in [5, 5.41) is 6.34. The summed E-state index contributed by atoms with van der Waals surface area (Å²) in [4.78, 5) is 19.9. The van der Waals surface area contributed by atoms with Crippen LogP contribution >= 0.6 is 0 Å². The molecular formula is C21H22F3N5O2. The Balaban J connectivity index is 1.35. The van der Waals surface area contributed by atoms with Gasteiger partial charge in [-0.1, -0.05) is 0 Å². The Bertz CT molecular complexity index is 1060. The van der Waals surface area contributed by atoms with Crippen LogP contribution in [0, 0.1) is 0 Å². The van der Waals surface area contributed by atoms with E-state index in [0.29, 0.717) is 17.1 Å². The number of carbonyl (C=O) groups is 1. The smallest absolute Gasteiger partial charge is 0.434 e. The number of fused-ring (bicyclic) bond motifs is 1. The zero-order valence-electron chi connectivity index (χ0n) is 16.8. The SMILES string of the molecule is COc1ccc(C(=O)NC2CCC(Nc3ccnc4nc(C(F)(F)F)cn34)CC2)cc1. The third-order valence-corrected chi connectivity index (χ3v) is 5.43. The summed E-state index contributed by atoms with van der Waals surface area (Å²) in [6.07, 6.45) is 0.954. The van der Waals surface area contributed by atoms with Gasteiger partial charge in [-0.2, -0.15) is 13.2 Å². The highest BCUT2D eigenvalue weighted by molar-refractivity contribution is 5.94. The van der Waals surface area contributed by atoms with Crippen LogP contribution in [0.3, 0.4) is 0 Å². The van der Waals surface area contributed by atoms with Gasteiger partial charge in [0.15, 0.2) is 5.69 Å². The first-order chi connectivity index (χ1) is 14.8. The first-order valence-corrected chi connectivity index (χ1v) is 9.96. The fourth-order valence-corrected chi connectivity index (χ4v) is 3.75. The molecule has 0 saturated heterocycles. The van der Waals surface area contributed by atoms with Gasteiger partial charge in [-0.15, -0.1) is 0 Å². The second kappa shape index (κ2) is 8.44. The van der Waals surface area contributed by atoms with E-state index in [1.807, 2.05) is 0 Å². The molecule has 1 amide bonds. The Morgan fingerprint density at radius 1 is 1.10 bits per heavy atom. The number of methoxy groups -OCH3 is 1. The van der Waals surface area contributed by atoms with E-state index in [1.165, 1.54) is 10.6 Å². The van der Waals surface area contributed by atoms with Gasteiger partial charge in [0.05, 0.1) is 7.11 Å². The molecule has 4 rings (SSSR count). The highest BCUT2D eigenvalue weighted by Crippen LogP contribution is 2.29. The minimum Gasteiger partial charge on any atom is -0.497 e. The van der Waals surface area contributed by atoms with Crippen molar-refractivity contribution in [3.8, 4) is 5.75 Å². The third kappa shape index (κ3) is 4.73. The number of imidazole rings is 1. The summed E-state index contributed by atoms with van der Waals surface area (Å²) in [6.45, 7) is 0. The van der Waals surface area contributed by atoms with Crippen molar-refractivity contribution in [2.45, 2.75) is 43.9 Å². The molecule has 31 heavy (non-hydrogen) atoms. The molecule has 0 spiro atoms. The minimum atomic E-state index is -4.52. The molecule has 2 aromatic heterocycles. The van der Waals surface area contributed by atoms with Crippen LogP contribution < -0.4 is 15.4 Å². The monoisotopic (exact) mass is 433 g/mol. The van der Waals surface area contributed by atoms with Crippen LogP contribution in [0.1, 0.15) is 41.7 Å². The number of alkyl halides is 3. The van der Waals surface area contributed by atoms with Crippen LogP contribution in [0.2, 0.25) is 0 Å². The van der Waals surface area contributed by atoms with Crippen LogP contribution in [0.5, 0.6) is 5.75 Å². The van der Waals surface area contributed by atoms with Gasteiger partial charge in [0.25, 0.3) is 5.91 Å². The van der Waals surface area contributed by atoms with Crippen LogP contribution in [0.15, 0.2) is 42.7 Å². The van der Waals surface area contributed by atoms with Gasteiger partial charge in [0.1, 0.15) is 11.6 Å².